The Kier molecular flexibility index (Phi) is 5.27. The molecule has 0 aliphatic rings. The number of benzene rings is 1. The van der Waals surface area contributed by atoms with Crippen LogP contribution >= 0.6 is 11.8 Å². The maximum absolute atomic E-state index is 6.31. The topological polar surface area (TPSA) is 87.4 Å². The van der Waals surface area contributed by atoms with E-state index in [0.29, 0.717) is 0 Å². The van der Waals surface area contributed by atoms with Crippen LogP contribution in [0.4, 0.5) is 0 Å². The van der Waals surface area contributed by atoms with Crippen LogP contribution in [-0.2, 0) is 20.0 Å². The maximum atomic E-state index is 6.31. The van der Waals surface area contributed by atoms with Crippen molar-refractivity contribution in [3.05, 3.63) is 53.9 Å². The highest BCUT2D eigenvalue weighted by Gasteiger charge is 2.16. The Morgan fingerprint density at radius 1 is 1.17 bits per heavy atom. The summed E-state index contributed by atoms with van der Waals surface area (Å²) in [7, 11) is 1.96. The van der Waals surface area contributed by atoms with Crippen molar-refractivity contribution in [2.45, 2.75) is 31.1 Å². The van der Waals surface area contributed by atoms with E-state index >= 15 is 0 Å². The fourth-order valence-electron chi connectivity index (χ4n) is 2.50. The molecule has 0 saturated heterocycles. The number of aryl methyl sites for hydroxylation is 2. The number of nitrogens with zero attached hydrogens (tertiary/aromatic N) is 6. The van der Waals surface area contributed by atoms with E-state index in [1.807, 2.05) is 41.3 Å². The van der Waals surface area contributed by atoms with Crippen molar-refractivity contribution >= 4 is 11.8 Å². The summed E-state index contributed by atoms with van der Waals surface area (Å²) in [4.78, 5) is 0. The van der Waals surface area contributed by atoms with Crippen molar-refractivity contribution in [3.63, 3.8) is 0 Å². The predicted molar refractivity (Wildman–Crippen MR) is 93.6 cm³/mol. The molecule has 3 rings (SSSR count). The van der Waals surface area contributed by atoms with Gasteiger partial charge in [-0.3, -0.25) is 0 Å². The molecule has 0 aliphatic heterocycles. The first kappa shape index (κ1) is 16.7. The van der Waals surface area contributed by atoms with Crippen LogP contribution in [0.25, 0.3) is 0 Å². The second kappa shape index (κ2) is 7.59. The van der Waals surface area contributed by atoms with Crippen LogP contribution in [0.15, 0.2) is 41.8 Å². The average Bonchev–Trinajstić information content (AvgIpc) is 3.15. The van der Waals surface area contributed by atoms with Gasteiger partial charge < -0.3 is 14.9 Å². The summed E-state index contributed by atoms with van der Waals surface area (Å²) in [5.74, 6) is 2.60. The summed E-state index contributed by atoms with van der Waals surface area (Å²) in [6.45, 7) is 2.78. The van der Waals surface area contributed by atoms with E-state index in [4.69, 9.17) is 5.73 Å². The van der Waals surface area contributed by atoms with Crippen molar-refractivity contribution in [2.24, 2.45) is 12.8 Å². The molecule has 2 N–H and O–H groups in total. The van der Waals surface area contributed by atoms with E-state index in [2.05, 4.69) is 32.5 Å². The van der Waals surface area contributed by atoms with Gasteiger partial charge >= 0.3 is 0 Å². The zero-order valence-electron chi connectivity index (χ0n) is 13.8. The van der Waals surface area contributed by atoms with E-state index in [1.165, 1.54) is 5.56 Å². The smallest absolute Gasteiger partial charge is 0.191 e. The number of hydrogen-bond acceptors (Lipinski definition) is 6. The van der Waals surface area contributed by atoms with Gasteiger partial charge in [0.15, 0.2) is 11.0 Å². The lowest BCUT2D eigenvalue weighted by molar-refractivity contribution is 0.616. The lowest BCUT2D eigenvalue weighted by atomic mass is 10.1. The Hall–Kier alpha value is -2.19. The molecule has 0 fully saturated rings. The van der Waals surface area contributed by atoms with Crippen LogP contribution in [0, 0.1) is 6.92 Å². The summed E-state index contributed by atoms with van der Waals surface area (Å²) >= 11 is 1.66. The Morgan fingerprint density at radius 3 is 2.67 bits per heavy atom. The normalized spacial score (nSPS) is 12.5. The quantitative estimate of drug-likeness (QED) is 0.658. The summed E-state index contributed by atoms with van der Waals surface area (Å²) in [5, 5.41) is 17.3. The van der Waals surface area contributed by atoms with Crippen molar-refractivity contribution in [3.8, 4) is 0 Å². The van der Waals surface area contributed by atoms with Gasteiger partial charge in [-0.05, 0) is 18.9 Å². The molecule has 0 aliphatic carbocycles. The van der Waals surface area contributed by atoms with E-state index < -0.39 is 0 Å². The second-order valence-electron chi connectivity index (χ2n) is 5.62. The first-order valence-corrected chi connectivity index (χ1v) is 8.79. The molecule has 0 amide bonds. The molecule has 1 atom stereocenters. The van der Waals surface area contributed by atoms with Gasteiger partial charge in [-0.15, -0.1) is 20.4 Å². The van der Waals surface area contributed by atoms with Crippen LogP contribution < -0.4 is 5.73 Å². The molecule has 0 bridgehead atoms. The Labute approximate surface area is 145 Å². The lowest BCUT2D eigenvalue weighted by Crippen LogP contribution is -2.18. The van der Waals surface area contributed by atoms with Gasteiger partial charge in [0.2, 0.25) is 0 Å². The monoisotopic (exact) mass is 343 g/mol. The molecule has 2 aromatic heterocycles. The minimum Gasteiger partial charge on any atom is -0.321 e. The molecular formula is C16H21N7S. The number of rotatable bonds is 7. The predicted octanol–water partition coefficient (Wildman–Crippen LogP) is 1.75. The molecular weight excluding hydrogens is 322 g/mol. The van der Waals surface area contributed by atoms with Gasteiger partial charge in [-0.2, -0.15) is 0 Å². The summed E-state index contributed by atoms with van der Waals surface area (Å²) in [5.41, 5.74) is 7.51. The zero-order chi connectivity index (χ0) is 16.9. The highest BCUT2D eigenvalue weighted by Crippen LogP contribution is 2.20. The van der Waals surface area contributed by atoms with Crippen LogP contribution in [-0.4, -0.2) is 35.3 Å². The molecule has 1 unspecified atom stereocenters. The molecule has 0 spiro atoms. The molecule has 0 radical (unpaired) electrons. The van der Waals surface area contributed by atoms with Crippen LogP contribution in [0.1, 0.15) is 23.3 Å². The first-order chi connectivity index (χ1) is 11.6. The van der Waals surface area contributed by atoms with Gasteiger partial charge in [-0.25, -0.2) is 0 Å². The number of thioether (sulfide) groups is 1. The summed E-state index contributed by atoms with van der Waals surface area (Å²) < 4.78 is 4.00. The fourth-order valence-corrected chi connectivity index (χ4v) is 3.36. The minimum atomic E-state index is -0.167. The number of nitrogens with two attached hydrogens (primary N) is 1. The van der Waals surface area contributed by atoms with Crippen molar-refractivity contribution in [1.29, 1.82) is 0 Å². The van der Waals surface area contributed by atoms with Crippen LogP contribution in [0.3, 0.4) is 0 Å². The molecule has 24 heavy (non-hydrogen) atoms. The van der Waals surface area contributed by atoms with E-state index in [9.17, 15) is 0 Å². The molecule has 1 aromatic carbocycles. The number of hydrogen-bond donors (Lipinski definition) is 1. The Morgan fingerprint density at radius 2 is 1.96 bits per heavy atom. The third kappa shape index (κ3) is 3.82. The maximum Gasteiger partial charge on any atom is 0.191 e. The standard InChI is InChI=1S/C16H21N7S/c1-12-19-18-11-23(12)8-9-24-16-21-20-15(22(16)2)14(17)10-13-6-4-3-5-7-13/h3-7,11,14H,8-10,17H2,1-2H3. The van der Waals surface area contributed by atoms with Crippen LogP contribution in [0.5, 0.6) is 0 Å². The van der Waals surface area contributed by atoms with Crippen molar-refractivity contribution in [1.82, 2.24) is 29.5 Å². The minimum absolute atomic E-state index is 0.167. The van der Waals surface area contributed by atoms with Crippen LogP contribution in [0.2, 0.25) is 0 Å². The molecule has 7 nitrogen and oxygen atoms in total. The van der Waals surface area contributed by atoms with Crippen molar-refractivity contribution < 1.29 is 0 Å². The molecule has 3 aromatic rings. The highest BCUT2D eigenvalue weighted by atomic mass is 32.2. The SMILES string of the molecule is Cc1nncn1CCSc1nnc(C(N)Cc2ccccc2)n1C. The molecule has 0 saturated carbocycles. The van der Waals surface area contributed by atoms with Gasteiger partial charge in [0.1, 0.15) is 12.2 Å². The Bertz CT molecular complexity index is 781. The first-order valence-electron chi connectivity index (χ1n) is 7.81. The average molecular weight is 343 g/mol. The van der Waals surface area contributed by atoms with E-state index in [1.54, 1.807) is 18.1 Å². The van der Waals surface area contributed by atoms with E-state index in [-0.39, 0.29) is 6.04 Å². The van der Waals surface area contributed by atoms with E-state index in [0.717, 1.165) is 35.5 Å². The van der Waals surface area contributed by atoms with Crippen molar-refractivity contribution in [2.75, 3.05) is 5.75 Å². The Balaban J connectivity index is 1.60. The molecule has 2 heterocycles. The fraction of sp³-hybridized carbons (Fsp3) is 0.375. The largest absolute Gasteiger partial charge is 0.321 e. The number of aromatic nitrogens is 6. The third-order valence-corrected chi connectivity index (χ3v) is 4.87. The highest BCUT2D eigenvalue weighted by molar-refractivity contribution is 7.99. The zero-order valence-corrected chi connectivity index (χ0v) is 14.6. The summed E-state index contributed by atoms with van der Waals surface area (Å²) in [6, 6.07) is 10.0. The lowest BCUT2D eigenvalue weighted by Gasteiger charge is -2.11. The molecule has 126 valence electrons. The summed E-state index contributed by atoms with van der Waals surface area (Å²) in [6.07, 6.45) is 2.49. The van der Waals surface area contributed by atoms with Gasteiger partial charge in [0.05, 0.1) is 6.04 Å². The third-order valence-electron chi connectivity index (χ3n) is 3.87. The van der Waals surface area contributed by atoms with Gasteiger partial charge in [-0.1, -0.05) is 42.1 Å². The van der Waals surface area contributed by atoms with Gasteiger partial charge in [0, 0.05) is 19.3 Å². The van der Waals surface area contributed by atoms with Gasteiger partial charge in [0.25, 0.3) is 0 Å². The second-order valence-corrected chi connectivity index (χ2v) is 6.68. The molecule has 8 heteroatoms.